The van der Waals surface area contributed by atoms with Crippen LogP contribution in [0.15, 0.2) is 60.7 Å². The van der Waals surface area contributed by atoms with Crippen LogP contribution in [0.5, 0.6) is 0 Å². The lowest BCUT2D eigenvalue weighted by molar-refractivity contribution is 0.0946. The molecule has 5 N–H and O–H groups in total. The molecule has 0 radical (unpaired) electrons. The number of primary amides is 2. The second-order valence-corrected chi connectivity index (χ2v) is 7.28. The van der Waals surface area contributed by atoms with Crippen molar-refractivity contribution in [2.75, 3.05) is 0 Å². The Morgan fingerprint density at radius 1 is 0.935 bits per heavy atom. The largest absolute Gasteiger partial charge is 0.366 e. The van der Waals surface area contributed by atoms with Crippen molar-refractivity contribution in [2.24, 2.45) is 11.5 Å². The first-order valence-corrected chi connectivity index (χ1v) is 9.72. The van der Waals surface area contributed by atoms with Crippen LogP contribution in [0, 0.1) is 0 Å². The molecular formula is C23H21N5O3. The van der Waals surface area contributed by atoms with Crippen molar-refractivity contribution in [3.05, 3.63) is 88.6 Å². The first kappa shape index (κ1) is 20.1. The average Bonchev–Trinajstić information content (AvgIpc) is 3.21. The number of rotatable bonds is 5. The summed E-state index contributed by atoms with van der Waals surface area (Å²) in [4.78, 5) is 41.6. The molecule has 0 bridgehead atoms. The molecule has 0 unspecified atom stereocenters. The van der Waals surface area contributed by atoms with Crippen molar-refractivity contribution in [1.82, 2.24) is 15.2 Å². The predicted molar refractivity (Wildman–Crippen MR) is 115 cm³/mol. The fourth-order valence-corrected chi connectivity index (χ4v) is 3.55. The number of carbonyl (C=O) groups excluding carboxylic acids is 3. The molecule has 0 aliphatic carbocycles. The van der Waals surface area contributed by atoms with E-state index in [2.05, 4.69) is 10.3 Å². The maximum absolute atomic E-state index is 12.5. The Balaban J connectivity index is 1.44. The number of benzene rings is 2. The molecule has 0 atom stereocenters. The van der Waals surface area contributed by atoms with E-state index in [0.717, 1.165) is 22.5 Å². The first-order chi connectivity index (χ1) is 14.9. The van der Waals surface area contributed by atoms with Crippen LogP contribution in [-0.4, -0.2) is 27.7 Å². The molecular weight excluding hydrogens is 394 g/mol. The normalized spacial score (nSPS) is 12.3. The molecule has 0 fully saturated rings. The van der Waals surface area contributed by atoms with Crippen molar-refractivity contribution in [2.45, 2.75) is 19.6 Å². The molecule has 156 valence electrons. The van der Waals surface area contributed by atoms with Crippen molar-refractivity contribution < 1.29 is 14.4 Å². The number of urea groups is 1. The SMILES string of the molecule is NC(=O)c1ccccc1CNC(=O)c1ccc(-c2ccc3c(n2)CN(C(N)=O)C3)cc1. The standard InChI is InChI=1S/C23H21N5O3/c24-21(29)18-4-2-1-3-16(18)11-26-22(30)15-7-5-14(6-8-15)19-10-9-17-12-28(23(25)31)13-20(17)27-19/h1-10H,11-13H2,(H2,24,29)(H2,25,31)(H,26,30). The second-order valence-electron chi connectivity index (χ2n) is 7.28. The highest BCUT2D eigenvalue weighted by molar-refractivity contribution is 5.96. The van der Waals surface area contributed by atoms with Crippen LogP contribution in [0.4, 0.5) is 4.79 Å². The summed E-state index contributed by atoms with van der Waals surface area (Å²) in [6.45, 7) is 1.06. The Kier molecular flexibility index (Phi) is 5.36. The summed E-state index contributed by atoms with van der Waals surface area (Å²) in [6, 6.07) is 17.3. The molecule has 2 aromatic carbocycles. The molecule has 1 aromatic heterocycles. The smallest absolute Gasteiger partial charge is 0.315 e. The fraction of sp³-hybridized carbons (Fsp3) is 0.130. The lowest BCUT2D eigenvalue weighted by Crippen LogP contribution is -2.30. The van der Waals surface area contributed by atoms with Crippen LogP contribution in [0.2, 0.25) is 0 Å². The molecule has 2 heterocycles. The van der Waals surface area contributed by atoms with Gasteiger partial charge in [-0.25, -0.2) is 4.79 Å². The molecule has 0 spiro atoms. The molecule has 1 aliphatic rings. The molecule has 0 saturated carbocycles. The second kappa shape index (κ2) is 8.27. The van der Waals surface area contributed by atoms with Gasteiger partial charge in [-0.15, -0.1) is 0 Å². The summed E-state index contributed by atoms with van der Waals surface area (Å²) in [5.74, 6) is -0.792. The van der Waals surface area contributed by atoms with Gasteiger partial charge in [-0.1, -0.05) is 36.4 Å². The minimum absolute atomic E-state index is 0.197. The number of fused-ring (bicyclic) bond motifs is 1. The molecule has 3 aromatic rings. The van der Waals surface area contributed by atoms with Crippen LogP contribution in [0.1, 0.15) is 37.5 Å². The fourth-order valence-electron chi connectivity index (χ4n) is 3.55. The van der Waals surface area contributed by atoms with Gasteiger partial charge in [0.25, 0.3) is 5.91 Å². The average molecular weight is 415 g/mol. The Morgan fingerprint density at radius 2 is 1.68 bits per heavy atom. The minimum atomic E-state index is -0.532. The Morgan fingerprint density at radius 3 is 2.39 bits per heavy atom. The lowest BCUT2D eigenvalue weighted by atomic mass is 10.1. The topological polar surface area (TPSA) is 131 Å². The Hall–Kier alpha value is -4.20. The van der Waals surface area contributed by atoms with Gasteiger partial charge in [-0.3, -0.25) is 14.6 Å². The molecule has 1 aliphatic heterocycles. The number of pyridine rings is 1. The van der Waals surface area contributed by atoms with Gasteiger partial charge >= 0.3 is 6.03 Å². The zero-order chi connectivity index (χ0) is 22.0. The summed E-state index contributed by atoms with van der Waals surface area (Å²) in [7, 11) is 0. The number of hydrogen-bond donors (Lipinski definition) is 3. The number of nitrogens with zero attached hydrogens (tertiary/aromatic N) is 2. The Bertz CT molecular complexity index is 1170. The molecule has 8 nitrogen and oxygen atoms in total. The number of amides is 4. The third-order valence-corrected chi connectivity index (χ3v) is 5.25. The quantitative estimate of drug-likeness (QED) is 0.589. The lowest BCUT2D eigenvalue weighted by Gasteiger charge is -2.10. The Labute approximate surface area is 178 Å². The van der Waals surface area contributed by atoms with Gasteiger partial charge < -0.3 is 21.7 Å². The number of nitrogens with two attached hydrogens (primary N) is 2. The van der Waals surface area contributed by atoms with E-state index in [1.165, 1.54) is 4.90 Å². The number of hydrogen-bond acceptors (Lipinski definition) is 4. The maximum Gasteiger partial charge on any atom is 0.315 e. The molecule has 0 saturated heterocycles. The summed E-state index contributed by atoms with van der Waals surface area (Å²) in [5.41, 5.74) is 15.7. The number of carbonyl (C=O) groups is 3. The van der Waals surface area contributed by atoms with Gasteiger partial charge in [-0.2, -0.15) is 0 Å². The zero-order valence-corrected chi connectivity index (χ0v) is 16.7. The predicted octanol–water partition coefficient (Wildman–Crippen LogP) is 2.17. The van der Waals surface area contributed by atoms with E-state index >= 15 is 0 Å². The van der Waals surface area contributed by atoms with Crippen molar-refractivity contribution in [1.29, 1.82) is 0 Å². The van der Waals surface area contributed by atoms with E-state index in [9.17, 15) is 14.4 Å². The van der Waals surface area contributed by atoms with Crippen molar-refractivity contribution in [3.8, 4) is 11.3 Å². The van der Waals surface area contributed by atoms with Crippen molar-refractivity contribution in [3.63, 3.8) is 0 Å². The van der Waals surface area contributed by atoms with Gasteiger partial charge in [-0.05, 0) is 35.4 Å². The van der Waals surface area contributed by atoms with E-state index < -0.39 is 11.9 Å². The van der Waals surface area contributed by atoms with E-state index in [-0.39, 0.29) is 12.5 Å². The summed E-state index contributed by atoms with van der Waals surface area (Å²) < 4.78 is 0. The minimum Gasteiger partial charge on any atom is -0.366 e. The monoisotopic (exact) mass is 415 g/mol. The van der Waals surface area contributed by atoms with Gasteiger partial charge in [0, 0.05) is 29.8 Å². The van der Waals surface area contributed by atoms with Gasteiger partial charge in [0.15, 0.2) is 0 Å². The molecule has 4 rings (SSSR count). The highest BCUT2D eigenvalue weighted by Crippen LogP contribution is 2.25. The first-order valence-electron chi connectivity index (χ1n) is 9.72. The summed E-state index contributed by atoms with van der Waals surface area (Å²) >= 11 is 0. The number of aromatic nitrogens is 1. The van der Waals surface area contributed by atoms with Gasteiger partial charge in [0.2, 0.25) is 5.91 Å². The highest BCUT2D eigenvalue weighted by atomic mass is 16.2. The molecule has 31 heavy (non-hydrogen) atoms. The van der Waals surface area contributed by atoms with Gasteiger partial charge in [0.1, 0.15) is 0 Å². The number of nitrogens with one attached hydrogen (secondary N) is 1. The van der Waals surface area contributed by atoms with Crippen LogP contribution in [0.3, 0.4) is 0 Å². The summed E-state index contributed by atoms with van der Waals surface area (Å²) in [6.07, 6.45) is 0. The van der Waals surface area contributed by atoms with Crippen molar-refractivity contribution >= 4 is 17.8 Å². The van der Waals surface area contributed by atoms with E-state index in [0.29, 0.717) is 29.8 Å². The zero-order valence-electron chi connectivity index (χ0n) is 16.7. The summed E-state index contributed by atoms with van der Waals surface area (Å²) in [5, 5.41) is 2.81. The maximum atomic E-state index is 12.5. The van der Waals surface area contributed by atoms with Crippen LogP contribution >= 0.6 is 0 Å². The van der Waals surface area contributed by atoms with Crippen LogP contribution in [-0.2, 0) is 19.6 Å². The van der Waals surface area contributed by atoms with E-state index in [1.807, 2.05) is 24.3 Å². The van der Waals surface area contributed by atoms with Crippen LogP contribution in [0.25, 0.3) is 11.3 Å². The van der Waals surface area contributed by atoms with E-state index in [1.54, 1.807) is 36.4 Å². The third kappa shape index (κ3) is 4.23. The van der Waals surface area contributed by atoms with Crippen LogP contribution < -0.4 is 16.8 Å². The molecule has 8 heteroatoms. The molecule has 4 amide bonds. The van der Waals surface area contributed by atoms with Gasteiger partial charge in [0.05, 0.1) is 17.9 Å². The highest BCUT2D eigenvalue weighted by Gasteiger charge is 2.23. The van der Waals surface area contributed by atoms with E-state index in [4.69, 9.17) is 11.5 Å². The third-order valence-electron chi connectivity index (χ3n) is 5.25.